The van der Waals surface area contributed by atoms with Crippen molar-refractivity contribution in [2.24, 2.45) is 0 Å². The van der Waals surface area contributed by atoms with Crippen molar-refractivity contribution >= 4 is 20.4 Å². The third-order valence-electron chi connectivity index (χ3n) is 7.45. The van der Waals surface area contributed by atoms with E-state index in [0.29, 0.717) is 18.4 Å². The standard InChI is InChI=1S/C28H39NO6Si/c1-28(2,3)36(5,6)35-25(19-34-23-10-8-7-9-11-23)24-17-16-22(29(24)27(31)32)18-20-12-14-21(15-13-20)26(30)33-4/h7-15,22,24-25H,16-19H2,1-6H3,(H,31,32)/t22-,24+,25+/m0/s1. The third kappa shape index (κ3) is 6.67. The zero-order valence-electron chi connectivity index (χ0n) is 22.2. The van der Waals surface area contributed by atoms with E-state index in [4.69, 9.17) is 13.9 Å². The molecule has 0 saturated carbocycles. The molecule has 0 aromatic heterocycles. The summed E-state index contributed by atoms with van der Waals surface area (Å²) in [5.41, 5.74) is 1.45. The number of methoxy groups -OCH3 is 1. The number of esters is 1. The molecule has 0 bridgehead atoms. The van der Waals surface area contributed by atoms with Crippen LogP contribution >= 0.6 is 0 Å². The van der Waals surface area contributed by atoms with Gasteiger partial charge in [-0.15, -0.1) is 0 Å². The number of amides is 1. The normalized spacial score (nSPS) is 19.1. The number of likely N-dealkylation sites (tertiary alicyclic amines) is 1. The molecule has 7 nitrogen and oxygen atoms in total. The lowest BCUT2D eigenvalue weighted by Gasteiger charge is -2.42. The summed E-state index contributed by atoms with van der Waals surface area (Å²) in [5, 5.41) is 10.2. The second-order valence-electron chi connectivity index (χ2n) is 10.9. The molecule has 1 amide bonds. The van der Waals surface area contributed by atoms with E-state index in [-0.39, 0.29) is 29.8 Å². The molecule has 1 fully saturated rings. The maximum atomic E-state index is 12.5. The fourth-order valence-corrected chi connectivity index (χ4v) is 5.75. The summed E-state index contributed by atoms with van der Waals surface area (Å²) in [6, 6.07) is 16.2. The Bertz CT molecular complexity index is 1020. The highest BCUT2D eigenvalue weighted by Gasteiger charge is 2.46. The highest BCUT2D eigenvalue weighted by Crippen LogP contribution is 2.39. The number of ether oxygens (including phenoxy) is 2. The van der Waals surface area contributed by atoms with Crippen molar-refractivity contribution < 1.29 is 28.6 Å². The molecule has 3 rings (SSSR count). The first-order valence-corrected chi connectivity index (χ1v) is 15.4. The maximum Gasteiger partial charge on any atom is 0.407 e. The molecule has 196 valence electrons. The summed E-state index contributed by atoms with van der Waals surface area (Å²) in [4.78, 5) is 25.8. The average molecular weight is 514 g/mol. The van der Waals surface area contributed by atoms with Gasteiger partial charge in [0.1, 0.15) is 12.4 Å². The van der Waals surface area contributed by atoms with Crippen LogP contribution < -0.4 is 4.74 Å². The topological polar surface area (TPSA) is 85.3 Å². The molecular weight excluding hydrogens is 474 g/mol. The molecule has 0 unspecified atom stereocenters. The second kappa shape index (κ2) is 11.5. The molecule has 1 heterocycles. The Morgan fingerprint density at radius 2 is 1.69 bits per heavy atom. The first-order valence-electron chi connectivity index (χ1n) is 12.5. The molecule has 2 aromatic carbocycles. The van der Waals surface area contributed by atoms with E-state index in [9.17, 15) is 14.7 Å². The average Bonchev–Trinajstić information content (AvgIpc) is 3.25. The number of carbonyl (C=O) groups is 2. The number of nitrogens with zero attached hydrogens (tertiary/aromatic N) is 1. The summed E-state index contributed by atoms with van der Waals surface area (Å²) in [5.74, 6) is 0.349. The van der Waals surface area contributed by atoms with E-state index in [1.807, 2.05) is 42.5 Å². The van der Waals surface area contributed by atoms with Crippen molar-refractivity contribution in [3.05, 3.63) is 65.7 Å². The van der Waals surface area contributed by atoms with E-state index in [2.05, 4.69) is 33.9 Å². The van der Waals surface area contributed by atoms with Gasteiger partial charge in [0.15, 0.2) is 8.32 Å². The fraction of sp³-hybridized carbons (Fsp3) is 0.500. The van der Waals surface area contributed by atoms with Crippen LogP contribution in [0.5, 0.6) is 5.75 Å². The zero-order valence-corrected chi connectivity index (χ0v) is 23.2. The van der Waals surface area contributed by atoms with Crippen LogP contribution in [0.2, 0.25) is 18.1 Å². The van der Waals surface area contributed by atoms with Gasteiger partial charge in [-0.3, -0.25) is 4.90 Å². The van der Waals surface area contributed by atoms with Crippen LogP contribution in [0.1, 0.15) is 49.5 Å². The van der Waals surface area contributed by atoms with Gasteiger partial charge in [0.2, 0.25) is 0 Å². The minimum Gasteiger partial charge on any atom is -0.491 e. The van der Waals surface area contributed by atoms with Crippen molar-refractivity contribution in [2.75, 3.05) is 13.7 Å². The van der Waals surface area contributed by atoms with Gasteiger partial charge in [0.25, 0.3) is 0 Å². The number of para-hydroxylation sites is 1. The smallest absolute Gasteiger partial charge is 0.407 e. The maximum absolute atomic E-state index is 12.5. The number of hydrogen-bond donors (Lipinski definition) is 1. The summed E-state index contributed by atoms with van der Waals surface area (Å²) < 4.78 is 17.7. The molecule has 36 heavy (non-hydrogen) atoms. The summed E-state index contributed by atoms with van der Waals surface area (Å²) in [6.07, 6.45) is 0.676. The van der Waals surface area contributed by atoms with Crippen LogP contribution in [0.25, 0.3) is 0 Å². The van der Waals surface area contributed by atoms with E-state index in [1.54, 1.807) is 17.0 Å². The Morgan fingerprint density at radius 1 is 1.06 bits per heavy atom. The minimum atomic E-state index is -2.20. The molecule has 1 aliphatic heterocycles. The van der Waals surface area contributed by atoms with Crippen LogP contribution in [0.4, 0.5) is 4.79 Å². The van der Waals surface area contributed by atoms with Crippen LogP contribution in [0.15, 0.2) is 54.6 Å². The summed E-state index contributed by atoms with van der Waals surface area (Å²) >= 11 is 0. The zero-order chi connectivity index (χ0) is 26.5. The number of carbonyl (C=O) groups excluding carboxylic acids is 1. The van der Waals surface area contributed by atoms with Crippen molar-refractivity contribution in [3.63, 3.8) is 0 Å². The van der Waals surface area contributed by atoms with E-state index in [1.165, 1.54) is 7.11 Å². The van der Waals surface area contributed by atoms with E-state index < -0.39 is 20.4 Å². The lowest BCUT2D eigenvalue weighted by molar-refractivity contribution is 0.0341. The lowest BCUT2D eigenvalue weighted by Crippen LogP contribution is -2.54. The predicted molar refractivity (Wildman–Crippen MR) is 142 cm³/mol. The van der Waals surface area contributed by atoms with Gasteiger partial charge in [-0.2, -0.15) is 0 Å². The fourth-order valence-electron chi connectivity index (χ4n) is 4.42. The highest BCUT2D eigenvalue weighted by molar-refractivity contribution is 6.74. The molecule has 2 aromatic rings. The monoisotopic (exact) mass is 513 g/mol. The Morgan fingerprint density at radius 3 is 2.25 bits per heavy atom. The molecule has 0 spiro atoms. The number of hydrogen-bond acceptors (Lipinski definition) is 5. The summed E-state index contributed by atoms with van der Waals surface area (Å²) in [6.45, 7) is 11.2. The van der Waals surface area contributed by atoms with Gasteiger partial charge in [-0.1, -0.05) is 51.1 Å². The Balaban J connectivity index is 1.81. The predicted octanol–water partition coefficient (Wildman–Crippen LogP) is 6.00. The lowest BCUT2D eigenvalue weighted by atomic mass is 10.0. The van der Waals surface area contributed by atoms with Crippen molar-refractivity contribution in [2.45, 2.75) is 76.4 Å². The minimum absolute atomic E-state index is 0.0224. The van der Waals surface area contributed by atoms with Gasteiger partial charge < -0.3 is 19.0 Å². The number of benzene rings is 2. The van der Waals surface area contributed by atoms with Gasteiger partial charge in [-0.25, -0.2) is 9.59 Å². The largest absolute Gasteiger partial charge is 0.491 e. The highest BCUT2D eigenvalue weighted by atomic mass is 28.4. The molecule has 8 heteroatoms. The first-order chi connectivity index (χ1) is 16.9. The quantitative estimate of drug-likeness (QED) is 0.327. The number of rotatable bonds is 9. The Labute approximate surface area is 215 Å². The second-order valence-corrected chi connectivity index (χ2v) is 15.7. The third-order valence-corrected chi connectivity index (χ3v) is 12.0. The molecule has 1 aliphatic rings. The van der Waals surface area contributed by atoms with Crippen molar-refractivity contribution in [1.82, 2.24) is 4.90 Å². The van der Waals surface area contributed by atoms with Gasteiger partial charge in [0, 0.05) is 6.04 Å². The first kappa shape index (κ1) is 27.7. The van der Waals surface area contributed by atoms with Crippen molar-refractivity contribution in [1.29, 1.82) is 0 Å². The van der Waals surface area contributed by atoms with Crippen LogP contribution in [-0.2, 0) is 15.6 Å². The number of carboxylic acid groups (broad SMARTS) is 1. The van der Waals surface area contributed by atoms with E-state index >= 15 is 0 Å². The molecule has 3 atom stereocenters. The summed E-state index contributed by atoms with van der Waals surface area (Å²) in [7, 11) is -0.848. The van der Waals surface area contributed by atoms with Crippen molar-refractivity contribution in [3.8, 4) is 5.75 Å². The SMILES string of the molecule is COC(=O)c1ccc(C[C@@H]2CC[C@H]([C@@H](COc3ccccc3)O[Si](C)(C)C(C)(C)C)N2C(=O)O)cc1. The van der Waals surface area contributed by atoms with Gasteiger partial charge in [-0.05, 0) is 67.2 Å². The molecule has 1 N–H and O–H groups in total. The molecule has 0 radical (unpaired) electrons. The van der Waals surface area contributed by atoms with Gasteiger partial charge in [0.05, 0.1) is 24.8 Å². The van der Waals surface area contributed by atoms with Crippen LogP contribution in [0, 0.1) is 0 Å². The molecular formula is C28H39NO6Si. The molecule has 1 saturated heterocycles. The Kier molecular flexibility index (Phi) is 8.84. The molecule has 0 aliphatic carbocycles. The Hall–Kier alpha value is -2.84. The van der Waals surface area contributed by atoms with E-state index in [0.717, 1.165) is 17.7 Å². The van der Waals surface area contributed by atoms with Crippen LogP contribution in [0.3, 0.4) is 0 Å². The van der Waals surface area contributed by atoms with Crippen LogP contribution in [-0.4, -0.2) is 62.3 Å². The van der Waals surface area contributed by atoms with Gasteiger partial charge >= 0.3 is 12.1 Å².